The lowest BCUT2D eigenvalue weighted by Crippen LogP contribution is -2.17. The lowest BCUT2D eigenvalue weighted by molar-refractivity contribution is -0.117. The van der Waals surface area contributed by atoms with Crippen LogP contribution in [0.15, 0.2) is 54.6 Å². The topological polar surface area (TPSA) is 38.3 Å². The maximum Gasteiger partial charge on any atom is 0.231 e. The molecule has 1 saturated carbocycles. The summed E-state index contributed by atoms with van der Waals surface area (Å²) in [6.45, 7) is 0. The number of anilines is 1. The summed E-state index contributed by atoms with van der Waals surface area (Å²) in [5.41, 5.74) is 1.66. The number of carbonyl (C=O) groups excluding carboxylic acids is 1. The highest BCUT2D eigenvalue weighted by Gasteiger charge is 2.67. The number of rotatable bonds is 4. The van der Waals surface area contributed by atoms with Gasteiger partial charge in [0.2, 0.25) is 5.91 Å². The van der Waals surface area contributed by atoms with Crippen molar-refractivity contribution >= 4 is 34.8 Å². The van der Waals surface area contributed by atoms with Crippen molar-refractivity contribution < 1.29 is 9.53 Å². The summed E-state index contributed by atoms with van der Waals surface area (Å²) in [5.74, 6) is -0.0877. The first-order valence-electron chi connectivity index (χ1n) is 6.91. The number of carbonyl (C=O) groups is 1. The SMILES string of the molecule is COc1ccc(NC(=O)[C@@H]2[C@H](c3ccccc3)C2(Cl)Cl)cc1. The van der Waals surface area contributed by atoms with Crippen molar-refractivity contribution in [1.82, 2.24) is 0 Å². The fourth-order valence-electron chi connectivity index (χ4n) is 2.62. The fourth-order valence-corrected chi connectivity index (χ4v) is 3.45. The zero-order valence-corrected chi connectivity index (χ0v) is 13.4. The van der Waals surface area contributed by atoms with Crippen LogP contribution in [-0.2, 0) is 4.79 Å². The molecular formula is C17H15Cl2NO2. The van der Waals surface area contributed by atoms with Crippen LogP contribution in [0.5, 0.6) is 5.75 Å². The number of hydrogen-bond donors (Lipinski definition) is 1. The van der Waals surface area contributed by atoms with E-state index in [-0.39, 0.29) is 11.8 Å². The highest BCUT2D eigenvalue weighted by molar-refractivity contribution is 6.53. The molecule has 0 heterocycles. The summed E-state index contributed by atoms with van der Waals surface area (Å²) < 4.78 is 4.03. The third kappa shape index (κ3) is 2.79. The molecule has 0 aliphatic heterocycles. The van der Waals surface area contributed by atoms with Crippen LogP contribution in [0, 0.1) is 5.92 Å². The van der Waals surface area contributed by atoms with Crippen molar-refractivity contribution in [3.63, 3.8) is 0 Å². The van der Waals surface area contributed by atoms with Gasteiger partial charge in [-0.1, -0.05) is 30.3 Å². The largest absolute Gasteiger partial charge is 0.497 e. The summed E-state index contributed by atoms with van der Waals surface area (Å²) in [6, 6.07) is 16.7. The van der Waals surface area contributed by atoms with E-state index >= 15 is 0 Å². The molecule has 0 aromatic heterocycles. The molecular weight excluding hydrogens is 321 g/mol. The minimum Gasteiger partial charge on any atom is -0.497 e. The predicted molar refractivity (Wildman–Crippen MR) is 88.7 cm³/mol. The quantitative estimate of drug-likeness (QED) is 0.849. The Kier molecular flexibility index (Phi) is 4.02. The standard InChI is InChI=1S/C17H15Cl2NO2/c1-22-13-9-7-12(8-10-13)20-16(21)15-14(17(15,18)19)11-5-3-2-4-6-11/h2-10,14-15H,1H3,(H,20,21)/t14-,15-/m0/s1. The number of methoxy groups -OCH3 is 1. The van der Waals surface area contributed by atoms with E-state index in [1.54, 1.807) is 31.4 Å². The zero-order chi connectivity index (χ0) is 15.7. The molecule has 5 heteroatoms. The van der Waals surface area contributed by atoms with Gasteiger partial charge in [-0.15, -0.1) is 23.2 Å². The molecule has 2 aromatic carbocycles. The highest BCUT2D eigenvalue weighted by Crippen LogP contribution is 2.65. The monoisotopic (exact) mass is 335 g/mol. The Morgan fingerprint density at radius 1 is 1.09 bits per heavy atom. The zero-order valence-electron chi connectivity index (χ0n) is 11.9. The molecule has 3 nitrogen and oxygen atoms in total. The van der Waals surface area contributed by atoms with Crippen LogP contribution in [0.2, 0.25) is 0 Å². The average molecular weight is 336 g/mol. The van der Waals surface area contributed by atoms with E-state index in [0.29, 0.717) is 5.69 Å². The minimum absolute atomic E-state index is 0.177. The van der Waals surface area contributed by atoms with Crippen LogP contribution in [0.3, 0.4) is 0 Å². The van der Waals surface area contributed by atoms with Gasteiger partial charge in [0.15, 0.2) is 0 Å². The van der Waals surface area contributed by atoms with E-state index in [1.807, 2.05) is 30.3 Å². The Bertz CT molecular complexity index is 671. The molecule has 2 atom stereocenters. The molecule has 22 heavy (non-hydrogen) atoms. The van der Waals surface area contributed by atoms with Gasteiger partial charge in [0.05, 0.1) is 13.0 Å². The molecule has 0 radical (unpaired) electrons. The second-order valence-electron chi connectivity index (χ2n) is 5.26. The second kappa shape index (κ2) is 5.82. The van der Waals surface area contributed by atoms with Crippen molar-refractivity contribution in [3.05, 3.63) is 60.2 Å². The molecule has 3 rings (SSSR count). The first kappa shape index (κ1) is 15.2. The Labute approximate surface area is 139 Å². The van der Waals surface area contributed by atoms with Crippen molar-refractivity contribution in [1.29, 1.82) is 0 Å². The first-order chi connectivity index (χ1) is 10.5. The lowest BCUT2D eigenvalue weighted by Gasteiger charge is -2.06. The van der Waals surface area contributed by atoms with Gasteiger partial charge >= 0.3 is 0 Å². The number of hydrogen-bond acceptors (Lipinski definition) is 2. The molecule has 1 aliphatic rings. The van der Waals surface area contributed by atoms with E-state index in [0.717, 1.165) is 11.3 Å². The van der Waals surface area contributed by atoms with Gasteiger partial charge in [-0.25, -0.2) is 0 Å². The van der Waals surface area contributed by atoms with E-state index in [4.69, 9.17) is 27.9 Å². The Morgan fingerprint density at radius 3 is 2.32 bits per heavy atom. The summed E-state index contributed by atoms with van der Waals surface area (Å²) in [7, 11) is 1.59. The summed E-state index contributed by atoms with van der Waals surface area (Å²) in [6.07, 6.45) is 0. The van der Waals surface area contributed by atoms with Gasteiger partial charge < -0.3 is 10.1 Å². The number of nitrogens with one attached hydrogen (secondary N) is 1. The molecule has 2 aromatic rings. The number of alkyl halides is 2. The second-order valence-corrected chi connectivity index (χ2v) is 6.70. The summed E-state index contributed by atoms with van der Waals surface area (Å²) in [4.78, 5) is 12.4. The van der Waals surface area contributed by atoms with Crippen LogP contribution in [0.1, 0.15) is 11.5 Å². The van der Waals surface area contributed by atoms with Crippen LogP contribution < -0.4 is 10.1 Å². The lowest BCUT2D eigenvalue weighted by atomic mass is 10.1. The molecule has 0 spiro atoms. The van der Waals surface area contributed by atoms with E-state index in [2.05, 4.69) is 5.32 Å². The Hall–Kier alpha value is -1.71. The van der Waals surface area contributed by atoms with Gasteiger partial charge in [0, 0.05) is 11.6 Å². The molecule has 0 bridgehead atoms. The summed E-state index contributed by atoms with van der Waals surface area (Å²) >= 11 is 12.6. The number of halogens is 2. The molecule has 1 N–H and O–H groups in total. The first-order valence-corrected chi connectivity index (χ1v) is 7.67. The van der Waals surface area contributed by atoms with E-state index in [1.165, 1.54) is 0 Å². The fraction of sp³-hybridized carbons (Fsp3) is 0.235. The number of amides is 1. The third-order valence-electron chi connectivity index (χ3n) is 3.85. The molecule has 114 valence electrons. The van der Waals surface area contributed by atoms with Crippen molar-refractivity contribution in [3.8, 4) is 5.75 Å². The smallest absolute Gasteiger partial charge is 0.231 e. The Balaban J connectivity index is 1.72. The number of benzene rings is 2. The maximum atomic E-state index is 12.4. The molecule has 1 fully saturated rings. The van der Waals surface area contributed by atoms with Gasteiger partial charge in [-0.3, -0.25) is 4.79 Å². The van der Waals surface area contributed by atoms with E-state index < -0.39 is 10.3 Å². The third-order valence-corrected chi connectivity index (χ3v) is 4.79. The maximum absolute atomic E-state index is 12.4. The minimum atomic E-state index is -1.06. The van der Waals surface area contributed by atoms with E-state index in [9.17, 15) is 4.79 Å². The Morgan fingerprint density at radius 2 is 1.73 bits per heavy atom. The summed E-state index contributed by atoms with van der Waals surface area (Å²) in [5, 5.41) is 2.85. The van der Waals surface area contributed by atoms with Crippen molar-refractivity contribution in [2.75, 3.05) is 12.4 Å². The average Bonchev–Trinajstić information content (AvgIpc) is 3.11. The molecule has 0 unspecified atom stereocenters. The van der Waals surface area contributed by atoms with Crippen LogP contribution in [-0.4, -0.2) is 17.4 Å². The predicted octanol–water partition coefficient (Wildman–Crippen LogP) is 4.22. The van der Waals surface area contributed by atoms with Gasteiger partial charge in [-0.2, -0.15) is 0 Å². The molecule has 1 aliphatic carbocycles. The van der Waals surface area contributed by atoms with Crippen molar-refractivity contribution in [2.45, 2.75) is 10.3 Å². The van der Waals surface area contributed by atoms with Gasteiger partial charge in [-0.05, 0) is 29.8 Å². The molecule has 1 amide bonds. The van der Waals surface area contributed by atoms with Gasteiger partial charge in [0.25, 0.3) is 0 Å². The van der Waals surface area contributed by atoms with Gasteiger partial charge in [0.1, 0.15) is 10.1 Å². The van der Waals surface area contributed by atoms with Crippen LogP contribution >= 0.6 is 23.2 Å². The van der Waals surface area contributed by atoms with Crippen LogP contribution in [0.4, 0.5) is 5.69 Å². The highest BCUT2D eigenvalue weighted by atomic mass is 35.5. The number of ether oxygens (including phenoxy) is 1. The van der Waals surface area contributed by atoms with Crippen molar-refractivity contribution in [2.24, 2.45) is 5.92 Å². The molecule has 0 saturated heterocycles. The van der Waals surface area contributed by atoms with Crippen LogP contribution in [0.25, 0.3) is 0 Å². The normalized spacial score (nSPS) is 22.0.